The number of aromatic nitrogens is 2. The quantitative estimate of drug-likeness (QED) is 0.914. The molecule has 18 heavy (non-hydrogen) atoms. The van der Waals surface area contributed by atoms with Gasteiger partial charge in [0, 0.05) is 5.56 Å². The summed E-state index contributed by atoms with van der Waals surface area (Å²) in [7, 11) is 3.24. The van der Waals surface area contributed by atoms with Crippen LogP contribution in [0.1, 0.15) is 22.2 Å². The molecule has 6 heteroatoms. The van der Waals surface area contributed by atoms with Crippen LogP contribution < -0.4 is 15.2 Å². The zero-order valence-electron chi connectivity index (χ0n) is 10.5. The van der Waals surface area contributed by atoms with E-state index in [4.69, 9.17) is 15.2 Å². The first-order valence-electron chi connectivity index (χ1n) is 5.43. The fourth-order valence-corrected chi connectivity index (χ4v) is 2.41. The summed E-state index contributed by atoms with van der Waals surface area (Å²) in [5.74, 6) is 1.48. The van der Waals surface area contributed by atoms with Crippen LogP contribution in [0.3, 0.4) is 0 Å². The van der Waals surface area contributed by atoms with Crippen molar-refractivity contribution in [2.75, 3.05) is 14.2 Å². The Kier molecular flexibility index (Phi) is 3.78. The predicted molar refractivity (Wildman–Crippen MR) is 70.2 cm³/mol. The first-order valence-corrected chi connectivity index (χ1v) is 6.21. The number of aryl methyl sites for hydroxylation is 1. The van der Waals surface area contributed by atoms with Crippen LogP contribution in [-0.2, 0) is 0 Å². The van der Waals surface area contributed by atoms with Crippen molar-refractivity contribution in [2.45, 2.75) is 13.0 Å². The minimum atomic E-state index is -0.310. The second kappa shape index (κ2) is 5.32. The Balaban J connectivity index is 2.45. The van der Waals surface area contributed by atoms with Crippen molar-refractivity contribution >= 4 is 11.5 Å². The van der Waals surface area contributed by atoms with Crippen LogP contribution in [0.25, 0.3) is 0 Å². The lowest BCUT2D eigenvalue weighted by molar-refractivity contribution is 0.397. The van der Waals surface area contributed by atoms with Gasteiger partial charge < -0.3 is 15.2 Å². The second-order valence-corrected chi connectivity index (χ2v) is 4.59. The van der Waals surface area contributed by atoms with Crippen molar-refractivity contribution in [1.82, 2.24) is 9.59 Å². The van der Waals surface area contributed by atoms with Gasteiger partial charge in [-0.1, -0.05) is 4.49 Å². The standard InChI is InChI=1S/C12H15N3O2S/c1-7-12(18-15-14-7)11(13)9-6-8(16-2)4-5-10(9)17-3/h4-6,11H,13H2,1-3H3. The summed E-state index contributed by atoms with van der Waals surface area (Å²) in [5.41, 5.74) is 7.97. The molecule has 2 N–H and O–H groups in total. The molecule has 0 aliphatic rings. The predicted octanol–water partition coefficient (Wildman–Crippen LogP) is 1.91. The van der Waals surface area contributed by atoms with E-state index in [0.29, 0.717) is 0 Å². The minimum Gasteiger partial charge on any atom is -0.497 e. The van der Waals surface area contributed by atoms with Crippen LogP contribution in [0.15, 0.2) is 18.2 Å². The Hall–Kier alpha value is -1.66. The topological polar surface area (TPSA) is 70.3 Å². The highest BCUT2D eigenvalue weighted by molar-refractivity contribution is 7.05. The first kappa shape index (κ1) is 12.8. The zero-order chi connectivity index (χ0) is 13.1. The average Bonchev–Trinajstić information content (AvgIpc) is 2.83. The Morgan fingerprint density at radius 1 is 1.28 bits per heavy atom. The van der Waals surface area contributed by atoms with Gasteiger partial charge in [0.25, 0.3) is 0 Å². The van der Waals surface area contributed by atoms with E-state index in [1.165, 1.54) is 11.5 Å². The monoisotopic (exact) mass is 265 g/mol. The molecule has 0 aliphatic heterocycles. The third kappa shape index (κ3) is 2.30. The second-order valence-electron chi connectivity index (χ2n) is 3.81. The van der Waals surface area contributed by atoms with Crippen molar-refractivity contribution in [3.05, 3.63) is 34.3 Å². The summed E-state index contributed by atoms with van der Waals surface area (Å²) in [5, 5.41) is 3.98. The van der Waals surface area contributed by atoms with Gasteiger partial charge in [0.15, 0.2) is 0 Å². The first-order chi connectivity index (χ1) is 8.67. The van der Waals surface area contributed by atoms with Gasteiger partial charge in [0.2, 0.25) is 0 Å². The third-order valence-electron chi connectivity index (χ3n) is 2.74. The molecule has 0 radical (unpaired) electrons. The van der Waals surface area contributed by atoms with Crippen molar-refractivity contribution in [3.8, 4) is 11.5 Å². The number of nitrogens with zero attached hydrogens (tertiary/aromatic N) is 2. The van der Waals surface area contributed by atoms with Crippen LogP contribution >= 0.6 is 11.5 Å². The molecule has 0 fully saturated rings. The van der Waals surface area contributed by atoms with Crippen LogP contribution in [0, 0.1) is 6.92 Å². The molecule has 1 aromatic carbocycles. The Morgan fingerprint density at radius 2 is 2.06 bits per heavy atom. The Bertz CT molecular complexity index is 542. The van der Waals surface area contributed by atoms with Gasteiger partial charge in [-0.25, -0.2) is 0 Å². The van der Waals surface area contributed by atoms with E-state index in [-0.39, 0.29) is 6.04 Å². The van der Waals surface area contributed by atoms with Crippen LogP contribution in [0.5, 0.6) is 11.5 Å². The summed E-state index contributed by atoms with van der Waals surface area (Å²) in [6, 6.07) is 5.25. The normalized spacial score (nSPS) is 12.2. The summed E-state index contributed by atoms with van der Waals surface area (Å²) < 4.78 is 14.5. The van der Waals surface area contributed by atoms with Crippen LogP contribution in [0.4, 0.5) is 0 Å². The lowest BCUT2D eigenvalue weighted by atomic mass is 10.0. The Labute approximate surface area is 110 Å². The number of nitrogens with two attached hydrogens (primary N) is 1. The molecule has 1 aromatic heterocycles. The highest BCUT2D eigenvalue weighted by Crippen LogP contribution is 2.33. The van der Waals surface area contributed by atoms with Crippen molar-refractivity contribution in [2.24, 2.45) is 5.73 Å². The fraction of sp³-hybridized carbons (Fsp3) is 0.333. The molecule has 2 rings (SSSR count). The van der Waals surface area contributed by atoms with Crippen LogP contribution in [0.2, 0.25) is 0 Å². The third-order valence-corrected chi connectivity index (χ3v) is 3.65. The van der Waals surface area contributed by atoms with Gasteiger partial charge in [-0.3, -0.25) is 0 Å². The Morgan fingerprint density at radius 3 is 2.61 bits per heavy atom. The van der Waals surface area contributed by atoms with Crippen molar-refractivity contribution in [1.29, 1.82) is 0 Å². The summed E-state index contributed by atoms with van der Waals surface area (Å²) >= 11 is 1.30. The van der Waals surface area contributed by atoms with E-state index in [0.717, 1.165) is 27.6 Å². The average molecular weight is 265 g/mol. The maximum Gasteiger partial charge on any atom is 0.124 e. The SMILES string of the molecule is COc1ccc(OC)c(C(N)c2snnc2C)c1. The summed E-state index contributed by atoms with van der Waals surface area (Å²) in [6.45, 7) is 1.89. The maximum absolute atomic E-state index is 6.26. The molecule has 2 aromatic rings. The minimum absolute atomic E-state index is 0.310. The van der Waals surface area contributed by atoms with Gasteiger partial charge in [0.05, 0.1) is 30.8 Å². The molecule has 96 valence electrons. The number of hydrogen-bond acceptors (Lipinski definition) is 6. The number of ether oxygens (including phenoxy) is 2. The lowest BCUT2D eigenvalue weighted by Crippen LogP contribution is -2.13. The summed E-state index contributed by atoms with van der Waals surface area (Å²) in [4.78, 5) is 0.932. The molecule has 1 unspecified atom stereocenters. The summed E-state index contributed by atoms with van der Waals surface area (Å²) in [6.07, 6.45) is 0. The molecule has 0 saturated heterocycles. The van der Waals surface area contributed by atoms with E-state index in [1.54, 1.807) is 14.2 Å². The number of benzene rings is 1. The highest BCUT2D eigenvalue weighted by atomic mass is 32.1. The molecule has 0 amide bonds. The smallest absolute Gasteiger partial charge is 0.124 e. The molecular formula is C12H15N3O2S. The molecule has 0 bridgehead atoms. The van der Waals surface area contributed by atoms with Gasteiger partial charge >= 0.3 is 0 Å². The molecule has 1 heterocycles. The lowest BCUT2D eigenvalue weighted by Gasteiger charge is -2.15. The van der Waals surface area contributed by atoms with E-state index in [9.17, 15) is 0 Å². The molecule has 0 spiro atoms. The largest absolute Gasteiger partial charge is 0.497 e. The zero-order valence-corrected chi connectivity index (χ0v) is 11.3. The van der Waals surface area contributed by atoms with E-state index < -0.39 is 0 Å². The molecule has 0 aliphatic carbocycles. The fourth-order valence-electron chi connectivity index (χ4n) is 1.75. The number of rotatable bonds is 4. The van der Waals surface area contributed by atoms with Crippen molar-refractivity contribution < 1.29 is 9.47 Å². The molecule has 5 nitrogen and oxygen atoms in total. The van der Waals surface area contributed by atoms with E-state index in [1.807, 2.05) is 25.1 Å². The highest BCUT2D eigenvalue weighted by Gasteiger charge is 2.19. The number of hydrogen-bond donors (Lipinski definition) is 1. The van der Waals surface area contributed by atoms with Gasteiger partial charge in [0.1, 0.15) is 11.5 Å². The molecule has 1 atom stereocenters. The van der Waals surface area contributed by atoms with Crippen molar-refractivity contribution in [3.63, 3.8) is 0 Å². The van der Waals surface area contributed by atoms with Gasteiger partial charge in [-0.05, 0) is 36.7 Å². The van der Waals surface area contributed by atoms with Gasteiger partial charge in [-0.15, -0.1) is 5.10 Å². The van der Waals surface area contributed by atoms with E-state index >= 15 is 0 Å². The van der Waals surface area contributed by atoms with Gasteiger partial charge in [-0.2, -0.15) is 0 Å². The molecule has 0 saturated carbocycles. The maximum atomic E-state index is 6.26. The van der Waals surface area contributed by atoms with Crippen LogP contribution in [-0.4, -0.2) is 23.8 Å². The number of methoxy groups -OCH3 is 2. The molecular weight excluding hydrogens is 250 g/mol. The van der Waals surface area contributed by atoms with E-state index in [2.05, 4.69) is 9.59 Å².